The zero-order valence-electron chi connectivity index (χ0n) is 14.0. The molecule has 0 bridgehead atoms. The van der Waals surface area contributed by atoms with E-state index in [9.17, 15) is 9.59 Å². The number of nitrogens with zero attached hydrogens (tertiary/aromatic N) is 1. The third-order valence-corrected chi connectivity index (χ3v) is 4.61. The molecule has 2 aromatic rings. The first-order valence-corrected chi connectivity index (χ1v) is 8.31. The molecule has 1 saturated heterocycles. The molecule has 0 spiro atoms. The largest absolute Gasteiger partial charge is 0.340 e. The molecule has 3 rings (SSSR count). The van der Waals surface area contributed by atoms with Gasteiger partial charge in [-0.15, -0.1) is 12.4 Å². The number of amides is 1. The van der Waals surface area contributed by atoms with Crippen LogP contribution in [-0.2, 0) is 4.79 Å². The number of hydrogen-bond acceptors (Lipinski definition) is 3. The molecule has 25 heavy (non-hydrogen) atoms. The number of likely N-dealkylation sites (tertiary alicyclic amines) is 1. The van der Waals surface area contributed by atoms with Crippen LogP contribution in [0.2, 0.25) is 0 Å². The Labute approximate surface area is 154 Å². The normalized spacial score (nSPS) is 19.3. The van der Waals surface area contributed by atoms with E-state index in [2.05, 4.69) is 12.1 Å². The van der Waals surface area contributed by atoms with Gasteiger partial charge in [0.15, 0.2) is 5.78 Å². The van der Waals surface area contributed by atoms with Gasteiger partial charge in [-0.1, -0.05) is 60.7 Å². The van der Waals surface area contributed by atoms with Crippen LogP contribution in [0, 0.1) is 0 Å². The fourth-order valence-electron chi connectivity index (χ4n) is 3.23. The van der Waals surface area contributed by atoms with Crippen LogP contribution in [0.3, 0.4) is 0 Å². The van der Waals surface area contributed by atoms with Gasteiger partial charge in [-0.25, -0.2) is 0 Å². The number of benzene rings is 2. The summed E-state index contributed by atoms with van der Waals surface area (Å²) in [6, 6.07) is 19.1. The number of hydrogen-bond donors (Lipinski definition) is 1. The first-order valence-electron chi connectivity index (χ1n) is 8.31. The maximum atomic E-state index is 12.4. The minimum atomic E-state index is -0.0545. The van der Waals surface area contributed by atoms with Gasteiger partial charge in [-0.2, -0.15) is 0 Å². The highest BCUT2D eigenvalue weighted by Crippen LogP contribution is 2.26. The monoisotopic (exact) mass is 358 g/mol. The van der Waals surface area contributed by atoms with E-state index in [1.807, 2.05) is 36.4 Å². The highest BCUT2D eigenvalue weighted by molar-refractivity contribution is 5.97. The SMILES string of the molecule is Cl.N[C@@H]1CN(C(=O)CCC(=O)c2ccccc2)C[C@H]1c1ccccc1. The first-order chi connectivity index (χ1) is 11.6. The van der Waals surface area contributed by atoms with Crippen LogP contribution in [0.25, 0.3) is 0 Å². The zero-order chi connectivity index (χ0) is 16.9. The maximum absolute atomic E-state index is 12.4. The minimum Gasteiger partial charge on any atom is -0.340 e. The summed E-state index contributed by atoms with van der Waals surface area (Å²) in [6.45, 7) is 1.18. The molecule has 0 aromatic heterocycles. The van der Waals surface area contributed by atoms with Gasteiger partial charge in [0.25, 0.3) is 0 Å². The predicted molar refractivity (Wildman–Crippen MR) is 101 cm³/mol. The molecule has 0 aliphatic carbocycles. The Bertz CT molecular complexity index is 706. The molecular formula is C20H23ClN2O2. The third-order valence-electron chi connectivity index (χ3n) is 4.61. The van der Waals surface area contributed by atoms with Crippen LogP contribution in [0.15, 0.2) is 60.7 Å². The van der Waals surface area contributed by atoms with E-state index in [-0.39, 0.29) is 48.9 Å². The van der Waals surface area contributed by atoms with Gasteiger partial charge in [0, 0.05) is 43.5 Å². The summed E-state index contributed by atoms with van der Waals surface area (Å²) in [5.74, 6) is 0.181. The van der Waals surface area contributed by atoms with Crippen molar-refractivity contribution in [2.24, 2.45) is 5.73 Å². The van der Waals surface area contributed by atoms with E-state index < -0.39 is 0 Å². The minimum absolute atomic E-state index is 0. The van der Waals surface area contributed by atoms with Crippen molar-refractivity contribution in [1.82, 2.24) is 4.90 Å². The molecule has 0 unspecified atom stereocenters. The Morgan fingerprint density at radius 1 is 0.920 bits per heavy atom. The highest BCUT2D eigenvalue weighted by atomic mass is 35.5. The molecule has 132 valence electrons. The molecule has 1 amide bonds. The van der Waals surface area contributed by atoms with Gasteiger partial charge in [0.1, 0.15) is 0 Å². The molecule has 2 N–H and O–H groups in total. The van der Waals surface area contributed by atoms with Crippen LogP contribution >= 0.6 is 12.4 Å². The van der Waals surface area contributed by atoms with Crippen molar-refractivity contribution in [2.45, 2.75) is 24.8 Å². The van der Waals surface area contributed by atoms with Gasteiger partial charge < -0.3 is 10.6 Å². The molecular weight excluding hydrogens is 336 g/mol. The molecule has 5 heteroatoms. The molecule has 1 heterocycles. The van der Waals surface area contributed by atoms with E-state index in [0.29, 0.717) is 18.7 Å². The molecule has 4 nitrogen and oxygen atoms in total. The van der Waals surface area contributed by atoms with Crippen molar-refractivity contribution >= 4 is 24.1 Å². The van der Waals surface area contributed by atoms with Crippen molar-refractivity contribution in [2.75, 3.05) is 13.1 Å². The second kappa shape index (κ2) is 8.79. The quantitative estimate of drug-likeness (QED) is 0.835. The van der Waals surface area contributed by atoms with Crippen molar-refractivity contribution in [3.63, 3.8) is 0 Å². The number of Topliss-reactive ketones (excluding diaryl/α,β-unsaturated/α-hetero) is 1. The number of carbonyl (C=O) groups excluding carboxylic acids is 2. The molecule has 0 saturated carbocycles. The average Bonchev–Trinajstić information content (AvgIpc) is 3.02. The van der Waals surface area contributed by atoms with Crippen molar-refractivity contribution in [3.8, 4) is 0 Å². The summed E-state index contributed by atoms with van der Waals surface area (Å²) >= 11 is 0. The third kappa shape index (κ3) is 4.68. The van der Waals surface area contributed by atoms with Crippen LogP contribution in [0.4, 0.5) is 0 Å². The summed E-state index contributed by atoms with van der Waals surface area (Å²) in [5.41, 5.74) is 8.05. The lowest BCUT2D eigenvalue weighted by molar-refractivity contribution is -0.130. The van der Waals surface area contributed by atoms with E-state index in [1.165, 1.54) is 5.56 Å². The predicted octanol–water partition coefficient (Wildman–Crippen LogP) is 3.02. The Balaban J connectivity index is 0.00000225. The van der Waals surface area contributed by atoms with Gasteiger partial charge in [0.2, 0.25) is 5.91 Å². The van der Waals surface area contributed by atoms with Crippen LogP contribution < -0.4 is 5.73 Å². The summed E-state index contributed by atoms with van der Waals surface area (Å²) < 4.78 is 0. The molecule has 1 fully saturated rings. The summed E-state index contributed by atoms with van der Waals surface area (Å²) in [4.78, 5) is 26.3. The number of carbonyl (C=O) groups is 2. The lowest BCUT2D eigenvalue weighted by atomic mass is 9.95. The summed E-state index contributed by atoms with van der Waals surface area (Å²) in [7, 11) is 0. The number of halogens is 1. The lowest BCUT2D eigenvalue weighted by Crippen LogP contribution is -2.32. The van der Waals surface area contributed by atoms with Crippen molar-refractivity contribution < 1.29 is 9.59 Å². The molecule has 1 aliphatic heterocycles. The van der Waals surface area contributed by atoms with Gasteiger partial charge in [-0.05, 0) is 5.56 Å². The Morgan fingerprint density at radius 2 is 1.52 bits per heavy atom. The standard InChI is InChI=1S/C20H22N2O2.ClH/c21-18-14-22(13-17(18)15-7-3-1-4-8-15)20(24)12-11-19(23)16-9-5-2-6-10-16;/h1-10,17-18H,11-14,21H2;1H/t17-,18+;/m0./s1. The van der Waals surface area contributed by atoms with Crippen LogP contribution in [-0.4, -0.2) is 35.7 Å². The summed E-state index contributed by atoms with van der Waals surface area (Å²) in [6.07, 6.45) is 0.479. The Morgan fingerprint density at radius 3 is 2.16 bits per heavy atom. The van der Waals surface area contributed by atoms with Crippen molar-refractivity contribution in [1.29, 1.82) is 0 Å². The van der Waals surface area contributed by atoms with Crippen LogP contribution in [0.5, 0.6) is 0 Å². The number of nitrogens with two attached hydrogens (primary N) is 1. The zero-order valence-corrected chi connectivity index (χ0v) is 14.8. The average molecular weight is 359 g/mol. The maximum Gasteiger partial charge on any atom is 0.223 e. The topological polar surface area (TPSA) is 63.4 Å². The van der Waals surface area contributed by atoms with Gasteiger partial charge >= 0.3 is 0 Å². The van der Waals surface area contributed by atoms with Crippen LogP contribution in [0.1, 0.15) is 34.7 Å². The van der Waals surface area contributed by atoms with Gasteiger partial charge in [-0.3, -0.25) is 9.59 Å². The summed E-state index contributed by atoms with van der Waals surface area (Å²) in [5, 5.41) is 0. The van der Waals surface area contributed by atoms with E-state index in [0.717, 1.165) is 0 Å². The van der Waals surface area contributed by atoms with E-state index >= 15 is 0 Å². The number of rotatable bonds is 5. The fourth-order valence-corrected chi connectivity index (χ4v) is 3.23. The number of ketones is 1. The Hall–Kier alpha value is -2.17. The fraction of sp³-hybridized carbons (Fsp3) is 0.300. The Kier molecular flexibility index (Phi) is 6.73. The molecule has 0 radical (unpaired) electrons. The highest BCUT2D eigenvalue weighted by Gasteiger charge is 2.33. The van der Waals surface area contributed by atoms with Crippen molar-refractivity contribution in [3.05, 3.63) is 71.8 Å². The molecule has 2 atom stereocenters. The van der Waals surface area contributed by atoms with E-state index in [4.69, 9.17) is 5.73 Å². The van der Waals surface area contributed by atoms with E-state index in [1.54, 1.807) is 17.0 Å². The smallest absolute Gasteiger partial charge is 0.223 e. The second-order valence-corrected chi connectivity index (χ2v) is 6.27. The second-order valence-electron chi connectivity index (χ2n) is 6.27. The first kappa shape index (κ1) is 19.2. The molecule has 1 aliphatic rings. The lowest BCUT2D eigenvalue weighted by Gasteiger charge is -2.16. The molecule has 2 aromatic carbocycles. The van der Waals surface area contributed by atoms with Gasteiger partial charge in [0.05, 0.1) is 0 Å².